The molecule has 0 amide bonds. The number of Topliss-reactive ketones (excluding diaryl/α,β-unsaturated/α-hetero) is 1. The normalized spacial score (nSPS) is 12.3. The van der Waals surface area contributed by atoms with Crippen molar-refractivity contribution in [3.63, 3.8) is 0 Å². The Balaban J connectivity index is 2.47. The van der Waals surface area contributed by atoms with Crippen molar-refractivity contribution >= 4 is 23.4 Å². The number of halogens is 1. The van der Waals surface area contributed by atoms with Crippen molar-refractivity contribution in [1.82, 2.24) is 0 Å². The van der Waals surface area contributed by atoms with Crippen LogP contribution in [0.3, 0.4) is 0 Å². The number of carboxylic acids is 1. The summed E-state index contributed by atoms with van der Waals surface area (Å²) in [5.74, 6) is -1.40. The molecular formula is C17H26ClN2O3+. The summed E-state index contributed by atoms with van der Waals surface area (Å²) in [5.41, 5.74) is 0.474. The second kappa shape index (κ2) is 10.4. The molecule has 0 radical (unpaired) electrons. The van der Waals surface area contributed by atoms with Crippen molar-refractivity contribution in [2.75, 3.05) is 26.2 Å². The fourth-order valence-corrected chi connectivity index (χ4v) is 2.62. The Labute approximate surface area is 142 Å². The molecular weight excluding hydrogens is 316 g/mol. The highest BCUT2D eigenvalue weighted by molar-refractivity contribution is 6.30. The van der Waals surface area contributed by atoms with Gasteiger partial charge in [0.05, 0.1) is 38.6 Å². The van der Waals surface area contributed by atoms with Gasteiger partial charge in [0.15, 0.2) is 5.78 Å². The van der Waals surface area contributed by atoms with E-state index in [0.717, 1.165) is 26.1 Å². The molecule has 0 bridgehead atoms. The van der Waals surface area contributed by atoms with Gasteiger partial charge in [-0.3, -0.25) is 4.79 Å². The smallest absolute Gasteiger partial charge is 0.169 e. The summed E-state index contributed by atoms with van der Waals surface area (Å²) < 4.78 is 0. The van der Waals surface area contributed by atoms with Crippen molar-refractivity contribution in [3.05, 3.63) is 34.9 Å². The Morgan fingerprint density at radius 3 is 2.35 bits per heavy atom. The summed E-state index contributed by atoms with van der Waals surface area (Å²) >= 11 is 5.78. The molecule has 0 spiro atoms. The molecule has 1 atom stereocenters. The van der Waals surface area contributed by atoms with Crippen LogP contribution in [-0.2, 0) is 4.79 Å². The van der Waals surface area contributed by atoms with Crippen LogP contribution in [0, 0.1) is 0 Å². The molecule has 6 heteroatoms. The molecule has 1 rings (SSSR count). The Morgan fingerprint density at radius 1 is 1.22 bits per heavy atom. The average molecular weight is 342 g/mol. The van der Waals surface area contributed by atoms with Crippen molar-refractivity contribution < 1.29 is 24.9 Å². The quantitative estimate of drug-likeness (QED) is 0.396. The van der Waals surface area contributed by atoms with Gasteiger partial charge in [0.25, 0.3) is 0 Å². The van der Waals surface area contributed by atoms with Crippen LogP contribution >= 0.6 is 11.6 Å². The molecule has 5 nitrogen and oxygen atoms in total. The first kappa shape index (κ1) is 19.6. The first-order valence-electron chi connectivity index (χ1n) is 8.14. The predicted molar refractivity (Wildman–Crippen MR) is 87.5 cm³/mol. The van der Waals surface area contributed by atoms with E-state index in [9.17, 15) is 14.7 Å². The van der Waals surface area contributed by atoms with Crippen LogP contribution in [-0.4, -0.2) is 44.0 Å². The summed E-state index contributed by atoms with van der Waals surface area (Å²) in [6.07, 6.45) is 0.845. The highest BCUT2D eigenvalue weighted by Gasteiger charge is 2.19. The predicted octanol–water partition coefficient (Wildman–Crippen LogP) is -1.09. The van der Waals surface area contributed by atoms with Gasteiger partial charge in [-0.15, -0.1) is 0 Å². The number of carbonyl (C=O) groups is 2. The standard InChI is InChI=1S/C17H25ClN2O3/c1-3-20(4-2)11-5-10-19-15(17(22)23)12-16(21)13-6-8-14(18)9-7-13/h6-9,15,19H,3-5,10-12H2,1-2H3,(H,22,23)/p+1/t15-/m1/s1. The van der Waals surface area contributed by atoms with Gasteiger partial charge in [-0.2, -0.15) is 0 Å². The average Bonchev–Trinajstić information content (AvgIpc) is 2.54. The molecule has 0 heterocycles. The SMILES string of the molecule is CC[NH+](CC)CCC[NH2+][C@H](CC(=O)c1ccc(Cl)cc1)C(=O)[O-]. The van der Waals surface area contributed by atoms with Gasteiger partial charge >= 0.3 is 0 Å². The zero-order chi connectivity index (χ0) is 17.2. The third kappa shape index (κ3) is 7.12. The summed E-state index contributed by atoms with van der Waals surface area (Å²) in [4.78, 5) is 24.9. The number of carbonyl (C=O) groups excluding carboxylic acids is 2. The zero-order valence-electron chi connectivity index (χ0n) is 13.8. The van der Waals surface area contributed by atoms with Crippen LogP contribution in [0.1, 0.15) is 37.0 Å². The van der Waals surface area contributed by atoms with E-state index >= 15 is 0 Å². The van der Waals surface area contributed by atoms with Gasteiger partial charge in [-0.25, -0.2) is 0 Å². The first-order chi connectivity index (χ1) is 11.0. The number of quaternary nitrogens is 2. The minimum atomic E-state index is -1.19. The summed E-state index contributed by atoms with van der Waals surface area (Å²) in [6.45, 7) is 8.09. The lowest BCUT2D eigenvalue weighted by molar-refractivity contribution is -0.898. The molecule has 0 saturated heterocycles. The lowest BCUT2D eigenvalue weighted by atomic mass is 10.0. The maximum absolute atomic E-state index is 12.1. The number of carboxylic acid groups (broad SMARTS) is 1. The molecule has 128 valence electrons. The molecule has 0 unspecified atom stereocenters. The molecule has 0 fully saturated rings. The third-order valence-electron chi connectivity index (χ3n) is 4.06. The van der Waals surface area contributed by atoms with Gasteiger partial charge in [-0.1, -0.05) is 11.6 Å². The Bertz CT molecular complexity index is 501. The van der Waals surface area contributed by atoms with Crippen LogP contribution in [0.15, 0.2) is 24.3 Å². The topological polar surface area (TPSA) is 78.2 Å². The van der Waals surface area contributed by atoms with E-state index in [4.69, 9.17) is 11.6 Å². The van der Waals surface area contributed by atoms with Crippen molar-refractivity contribution in [1.29, 1.82) is 0 Å². The van der Waals surface area contributed by atoms with E-state index in [1.807, 2.05) is 0 Å². The molecule has 0 saturated carbocycles. The monoisotopic (exact) mass is 341 g/mol. The number of rotatable bonds is 11. The molecule has 0 aliphatic rings. The molecule has 3 N–H and O–H groups in total. The number of hydrogen-bond donors (Lipinski definition) is 2. The van der Waals surface area contributed by atoms with E-state index in [1.54, 1.807) is 29.6 Å². The minimum Gasteiger partial charge on any atom is -0.544 e. The lowest BCUT2D eigenvalue weighted by Gasteiger charge is -2.18. The van der Waals surface area contributed by atoms with Crippen LogP contribution < -0.4 is 15.3 Å². The fourth-order valence-electron chi connectivity index (χ4n) is 2.49. The molecule has 0 aliphatic heterocycles. The summed E-state index contributed by atoms with van der Waals surface area (Å²) in [6, 6.07) is 5.63. The van der Waals surface area contributed by atoms with Crippen LogP contribution in [0.5, 0.6) is 0 Å². The second-order valence-corrected chi connectivity index (χ2v) is 6.08. The van der Waals surface area contributed by atoms with E-state index in [0.29, 0.717) is 17.1 Å². The van der Waals surface area contributed by atoms with Crippen molar-refractivity contribution in [2.24, 2.45) is 0 Å². The lowest BCUT2D eigenvalue weighted by Crippen LogP contribution is -3.11. The maximum atomic E-state index is 12.1. The van der Waals surface area contributed by atoms with Gasteiger partial charge in [0.1, 0.15) is 6.04 Å². The van der Waals surface area contributed by atoms with Gasteiger partial charge < -0.3 is 20.1 Å². The van der Waals surface area contributed by atoms with Crippen molar-refractivity contribution in [2.45, 2.75) is 32.7 Å². The summed E-state index contributed by atoms with van der Waals surface area (Å²) in [5, 5.41) is 13.5. The highest BCUT2D eigenvalue weighted by Crippen LogP contribution is 2.11. The second-order valence-electron chi connectivity index (χ2n) is 5.64. The van der Waals surface area contributed by atoms with Crippen LogP contribution in [0.25, 0.3) is 0 Å². The number of nitrogens with two attached hydrogens (primary N) is 1. The van der Waals surface area contributed by atoms with Crippen LogP contribution in [0.4, 0.5) is 0 Å². The molecule has 1 aromatic carbocycles. The summed E-state index contributed by atoms with van der Waals surface area (Å²) in [7, 11) is 0. The van der Waals surface area contributed by atoms with Gasteiger partial charge in [-0.05, 0) is 38.1 Å². The highest BCUT2D eigenvalue weighted by atomic mass is 35.5. The maximum Gasteiger partial charge on any atom is 0.169 e. The molecule has 1 aromatic rings. The Hall–Kier alpha value is -1.43. The number of ketones is 1. The Kier molecular flexibility index (Phi) is 8.84. The molecule has 0 aliphatic carbocycles. The van der Waals surface area contributed by atoms with E-state index in [1.165, 1.54) is 4.90 Å². The van der Waals surface area contributed by atoms with E-state index in [-0.39, 0.29) is 12.2 Å². The van der Waals surface area contributed by atoms with Gasteiger partial charge in [0.2, 0.25) is 0 Å². The fraction of sp³-hybridized carbons (Fsp3) is 0.529. The number of benzene rings is 1. The van der Waals surface area contributed by atoms with Gasteiger partial charge in [0, 0.05) is 17.0 Å². The van der Waals surface area contributed by atoms with Crippen LogP contribution in [0.2, 0.25) is 5.02 Å². The minimum absolute atomic E-state index is 0.0674. The number of nitrogens with one attached hydrogen (secondary N) is 1. The van der Waals surface area contributed by atoms with E-state index in [2.05, 4.69) is 13.8 Å². The van der Waals surface area contributed by atoms with Crippen molar-refractivity contribution in [3.8, 4) is 0 Å². The van der Waals surface area contributed by atoms with E-state index < -0.39 is 12.0 Å². The third-order valence-corrected chi connectivity index (χ3v) is 4.31. The largest absolute Gasteiger partial charge is 0.544 e. The number of aliphatic carboxylic acids is 1. The molecule has 0 aromatic heterocycles. The Morgan fingerprint density at radius 2 is 1.83 bits per heavy atom. The zero-order valence-corrected chi connectivity index (χ0v) is 14.6. The molecule has 23 heavy (non-hydrogen) atoms. The first-order valence-corrected chi connectivity index (χ1v) is 8.52. The number of hydrogen-bond acceptors (Lipinski definition) is 3.